The van der Waals surface area contributed by atoms with Crippen molar-refractivity contribution in [3.63, 3.8) is 0 Å². The van der Waals surface area contributed by atoms with Crippen LogP contribution in [0.25, 0.3) is 0 Å². The molecule has 10 heteroatoms. The summed E-state index contributed by atoms with van der Waals surface area (Å²) in [6, 6.07) is 16.7. The molecule has 5 rings (SSSR count). The largest absolute Gasteiger partial charge is 0.349 e. The minimum Gasteiger partial charge on any atom is -0.349 e. The van der Waals surface area contributed by atoms with Gasteiger partial charge < -0.3 is 16.0 Å². The first kappa shape index (κ1) is 24.4. The number of sulfone groups is 1. The van der Waals surface area contributed by atoms with Gasteiger partial charge >= 0.3 is 0 Å². The lowest BCUT2D eigenvalue weighted by Gasteiger charge is -2.25. The van der Waals surface area contributed by atoms with Crippen LogP contribution in [0.15, 0.2) is 71.6 Å². The molecule has 0 bridgehead atoms. The van der Waals surface area contributed by atoms with Crippen molar-refractivity contribution in [2.45, 2.75) is 35.9 Å². The molecule has 1 aliphatic heterocycles. The first-order chi connectivity index (χ1) is 17.1. The molecule has 2 aliphatic rings. The van der Waals surface area contributed by atoms with Crippen LogP contribution in [-0.4, -0.2) is 38.1 Å². The van der Waals surface area contributed by atoms with Crippen LogP contribution in [-0.2, 0) is 21.2 Å². The third kappa shape index (κ3) is 4.74. The molecule has 1 saturated carbocycles. The van der Waals surface area contributed by atoms with Gasteiger partial charge in [0.2, 0.25) is 5.91 Å². The Morgan fingerprint density at radius 3 is 2.50 bits per heavy atom. The summed E-state index contributed by atoms with van der Waals surface area (Å²) < 4.78 is 41.1. The normalized spacial score (nSPS) is 22.5. The highest BCUT2D eigenvalue weighted by Crippen LogP contribution is 2.41. The quantitative estimate of drug-likeness (QED) is 0.528. The van der Waals surface area contributed by atoms with Crippen molar-refractivity contribution in [1.29, 1.82) is 0 Å². The smallest absolute Gasteiger partial charge is 0.254 e. The van der Waals surface area contributed by atoms with E-state index in [2.05, 4.69) is 5.32 Å². The second-order valence-electron chi connectivity index (χ2n) is 9.07. The van der Waals surface area contributed by atoms with Crippen molar-refractivity contribution in [2.24, 2.45) is 5.73 Å². The third-order valence-electron chi connectivity index (χ3n) is 6.49. The fourth-order valence-electron chi connectivity index (χ4n) is 4.50. The number of amides is 2. The number of benzene rings is 3. The molecule has 36 heavy (non-hydrogen) atoms. The number of nitrogens with two attached hydrogens (primary N) is 1. The number of fused-ring (bicyclic) bond motifs is 1. The second kappa shape index (κ2) is 9.31. The number of halogens is 2. The molecule has 3 N–H and O–H groups in total. The zero-order chi connectivity index (χ0) is 25.6. The Bertz CT molecular complexity index is 1450. The maximum atomic E-state index is 15.1. The van der Waals surface area contributed by atoms with E-state index in [-0.39, 0.29) is 34.7 Å². The average molecular weight is 528 g/mol. The molecule has 1 aliphatic carbocycles. The average Bonchev–Trinajstić information content (AvgIpc) is 3.62. The van der Waals surface area contributed by atoms with Crippen LogP contribution >= 0.6 is 11.6 Å². The highest BCUT2D eigenvalue weighted by Gasteiger charge is 2.41. The topological polar surface area (TPSA) is 110 Å². The molecule has 0 radical (unpaired) electrons. The summed E-state index contributed by atoms with van der Waals surface area (Å²) in [6.07, 6.45) is 0.715. The lowest BCUT2D eigenvalue weighted by Crippen LogP contribution is -2.45. The molecule has 186 valence electrons. The summed E-state index contributed by atoms with van der Waals surface area (Å²) in [4.78, 5) is 27.0. The second-order valence-corrected chi connectivity index (χ2v) is 11.5. The molecule has 0 aromatic heterocycles. The van der Waals surface area contributed by atoms with E-state index in [4.69, 9.17) is 17.3 Å². The standard InChI is InChI=1S/C26H23ClFN3O4S/c27-17-8-6-15(7-9-17)13-31-23-11-19(20(28)12-24(23)36(34,35)14-21(29)26(31)33)25(32)30-22-10-18(22)16-4-2-1-3-5-16/h1-9,11-12,18,21-22H,10,13-14,29H2,(H,30,32)/t18-,21+,22+/m1/s1. The van der Waals surface area contributed by atoms with Gasteiger partial charge in [-0.1, -0.05) is 54.1 Å². The molecule has 3 aromatic carbocycles. The number of carbonyl (C=O) groups is 2. The summed E-state index contributed by atoms with van der Waals surface area (Å²) in [6.45, 7) is -0.0301. The van der Waals surface area contributed by atoms with E-state index in [1.165, 1.54) is 4.90 Å². The maximum Gasteiger partial charge on any atom is 0.254 e. The van der Waals surface area contributed by atoms with Crippen LogP contribution in [0.5, 0.6) is 0 Å². The van der Waals surface area contributed by atoms with Crippen molar-refractivity contribution in [3.8, 4) is 0 Å². The Hall–Kier alpha value is -3.27. The molecule has 0 saturated heterocycles. The van der Waals surface area contributed by atoms with E-state index in [9.17, 15) is 18.0 Å². The van der Waals surface area contributed by atoms with Crippen LogP contribution < -0.4 is 16.0 Å². The van der Waals surface area contributed by atoms with E-state index in [1.54, 1.807) is 24.3 Å². The zero-order valence-corrected chi connectivity index (χ0v) is 20.6. The molecule has 1 heterocycles. The number of anilines is 1. The number of rotatable bonds is 5. The van der Waals surface area contributed by atoms with Crippen molar-refractivity contribution in [1.82, 2.24) is 5.32 Å². The van der Waals surface area contributed by atoms with Crippen molar-refractivity contribution >= 4 is 38.9 Å². The Kier molecular flexibility index (Phi) is 6.32. The van der Waals surface area contributed by atoms with E-state index in [0.717, 1.165) is 17.7 Å². The molecule has 0 spiro atoms. The van der Waals surface area contributed by atoms with Gasteiger partial charge in [0.15, 0.2) is 9.84 Å². The molecule has 2 amide bonds. The maximum absolute atomic E-state index is 15.1. The number of hydrogen-bond acceptors (Lipinski definition) is 5. The van der Waals surface area contributed by atoms with E-state index < -0.39 is 39.3 Å². The van der Waals surface area contributed by atoms with Gasteiger partial charge in [-0.15, -0.1) is 0 Å². The SMILES string of the molecule is N[C@H]1CS(=O)(=O)c2cc(F)c(C(=O)N[C@H]3C[C@@H]3c3ccccc3)cc2N(Cc2ccc(Cl)cc2)C1=O. The molecular formula is C26H23ClFN3O4S. The molecule has 3 aromatic rings. The predicted octanol–water partition coefficient (Wildman–Crippen LogP) is 3.41. The summed E-state index contributed by atoms with van der Waals surface area (Å²) in [5, 5.41) is 3.32. The molecular weight excluding hydrogens is 505 g/mol. The monoisotopic (exact) mass is 527 g/mol. The first-order valence-corrected chi connectivity index (χ1v) is 13.4. The van der Waals surface area contributed by atoms with Gasteiger partial charge in [-0.2, -0.15) is 0 Å². The lowest BCUT2D eigenvalue weighted by molar-refractivity contribution is -0.119. The minimum absolute atomic E-state index is 0.0301. The van der Waals surface area contributed by atoms with Crippen LogP contribution in [0, 0.1) is 5.82 Å². The number of carbonyl (C=O) groups excluding carboxylic acids is 2. The van der Waals surface area contributed by atoms with Crippen molar-refractivity contribution in [3.05, 3.63) is 94.3 Å². The number of nitrogens with zero attached hydrogens (tertiary/aromatic N) is 1. The summed E-state index contributed by atoms with van der Waals surface area (Å²) in [5.74, 6) is -2.84. The molecule has 1 fully saturated rings. The fraction of sp³-hybridized carbons (Fsp3) is 0.231. The van der Waals surface area contributed by atoms with Gasteiger partial charge in [-0.25, -0.2) is 12.8 Å². The van der Waals surface area contributed by atoms with Gasteiger partial charge in [0.05, 0.1) is 34.5 Å². The summed E-state index contributed by atoms with van der Waals surface area (Å²) >= 11 is 5.95. The summed E-state index contributed by atoms with van der Waals surface area (Å²) in [7, 11) is -4.09. The highest BCUT2D eigenvalue weighted by molar-refractivity contribution is 7.91. The van der Waals surface area contributed by atoms with E-state index in [0.29, 0.717) is 17.0 Å². The van der Waals surface area contributed by atoms with Crippen molar-refractivity contribution in [2.75, 3.05) is 10.7 Å². The van der Waals surface area contributed by atoms with E-state index >= 15 is 4.39 Å². The van der Waals surface area contributed by atoms with Gasteiger partial charge in [0.1, 0.15) is 5.82 Å². The molecule has 0 unspecified atom stereocenters. The Balaban J connectivity index is 1.50. The lowest BCUT2D eigenvalue weighted by atomic mass is 10.1. The van der Waals surface area contributed by atoms with Gasteiger partial charge in [0, 0.05) is 17.0 Å². The third-order valence-corrected chi connectivity index (χ3v) is 8.54. The van der Waals surface area contributed by atoms with Crippen LogP contribution in [0.3, 0.4) is 0 Å². The van der Waals surface area contributed by atoms with Crippen LogP contribution in [0.2, 0.25) is 5.02 Å². The number of nitrogens with one attached hydrogen (secondary N) is 1. The predicted molar refractivity (Wildman–Crippen MR) is 134 cm³/mol. The molecule has 7 nitrogen and oxygen atoms in total. The van der Waals surface area contributed by atoms with Crippen LogP contribution in [0.4, 0.5) is 10.1 Å². The van der Waals surface area contributed by atoms with E-state index in [1.807, 2.05) is 30.3 Å². The zero-order valence-electron chi connectivity index (χ0n) is 19.0. The Morgan fingerprint density at radius 1 is 1.11 bits per heavy atom. The first-order valence-electron chi connectivity index (χ1n) is 11.4. The highest BCUT2D eigenvalue weighted by atomic mass is 35.5. The minimum atomic E-state index is -4.09. The molecule has 3 atom stereocenters. The number of hydrogen-bond donors (Lipinski definition) is 2. The van der Waals surface area contributed by atoms with Crippen molar-refractivity contribution < 1.29 is 22.4 Å². The van der Waals surface area contributed by atoms with Gasteiger partial charge in [-0.3, -0.25) is 9.59 Å². The Labute approximate surface area is 213 Å². The Morgan fingerprint density at radius 2 is 1.81 bits per heavy atom. The fourth-order valence-corrected chi connectivity index (χ4v) is 6.19. The van der Waals surface area contributed by atoms with Gasteiger partial charge in [0.25, 0.3) is 5.91 Å². The summed E-state index contributed by atoms with van der Waals surface area (Å²) in [5.41, 5.74) is 7.23. The van der Waals surface area contributed by atoms with Crippen LogP contribution in [0.1, 0.15) is 33.8 Å². The van der Waals surface area contributed by atoms with Gasteiger partial charge in [-0.05, 0) is 41.8 Å².